The predicted molar refractivity (Wildman–Crippen MR) is 86.8 cm³/mol. The van der Waals surface area contributed by atoms with Gasteiger partial charge in [0.05, 0.1) is 19.3 Å². The predicted octanol–water partition coefficient (Wildman–Crippen LogP) is 1.83. The molecule has 1 N–H and O–H groups in total. The van der Waals surface area contributed by atoms with Crippen molar-refractivity contribution in [3.8, 4) is 11.5 Å². The van der Waals surface area contributed by atoms with Crippen molar-refractivity contribution < 1.29 is 29.3 Å². The zero-order valence-electron chi connectivity index (χ0n) is 14.1. The minimum absolute atomic E-state index is 0.0396. The van der Waals surface area contributed by atoms with Gasteiger partial charge in [0.2, 0.25) is 0 Å². The van der Waals surface area contributed by atoms with Gasteiger partial charge in [-0.15, -0.1) is 10.1 Å². The van der Waals surface area contributed by atoms with Gasteiger partial charge in [-0.05, 0) is 43.4 Å². The second-order valence-corrected chi connectivity index (χ2v) is 5.85. The first-order chi connectivity index (χ1) is 12.0. The highest BCUT2D eigenvalue weighted by Gasteiger charge is 2.20. The summed E-state index contributed by atoms with van der Waals surface area (Å²) in [5.41, 5.74) is 0.307. The molecule has 2 rings (SSSR count). The number of carbonyl (C=O) groups excluding carboxylic acids is 1. The molecule has 138 valence electrons. The van der Waals surface area contributed by atoms with E-state index in [1.807, 2.05) is 4.90 Å². The van der Waals surface area contributed by atoms with Crippen molar-refractivity contribution in [3.63, 3.8) is 0 Å². The normalized spacial score (nSPS) is 15.6. The Morgan fingerprint density at radius 3 is 2.76 bits per heavy atom. The summed E-state index contributed by atoms with van der Waals surface area (Å²) in [7, 11) is 1.41. The summed E-state index contributed by atoms with van der Waals surface area (Å²) in [6.07, 6.45) is 2.42. The largest absolute Gasteiger partial charge is 0.504 e. The van der Waals surface area contributed by atoms with Crippen molar-refractivity contribution >= 4 is 5.97 Å². The first-order valence-corrected chi connectivity index (χ1v) is 8.03. The molecular weight excluding hydrogens is 332 g/mol. The summed E-state index contributed by atoms with van der Waals surface area (Å²) in [5.74, 6) is 0.0717. The number of benzene rings is 1. The summed E-state index contributed by atoms with van der Waals surface area (Å²) in [4.78, 5) is 28.5. The first kappa shape index (κ1) is 18.8. The lowest BCUT2D eigenvalue weighted by atomic mass is 9.94. The number of phenolic OH excluding ortho intramolecular Hbond substituents is 1. The molecule has 0 unspecified atom stereocenters. The van der Waals surface area contributed by atoms with Crippen LogP contribution in [0.4, 0.5) is 0 Å². The lowest BCUT2D eigenvalue weighted by molar-refractivity contribution is -0.758. The van der Waals surface area contributed by atoms with Crippen LogP contribution < -0.4 is 4.74 Å². The summed E-state index contributed by atoms with van der Waals surface area (Å²) in [5, 5.41) is 18.9. The van der Waals surface area contributed by atoms with Crippen LogP contribution in [-0.4, -0.2) is 54.6 Å². The molecule has 1 fully saturated rings. The molecule has 1 heterocycles. The van der Waals surface area contributed by atoms with Crippen molar-refractivity contribution in [3.05, 3.63) is 33.9 Å². The Bertz CT molecular complexity index is 600. The highest BCUT2D eigenvalue weighted by atomic mass is 16.9. The van der Waals surface area contributed by atoms with E-state index in [9.17, 15) is 20.0 Å². The average Bonchev–Trinajstić information content (AvgIpc) is 2.61. The molecule has 1 aliphatic heterocycles. The number of rotatable bonds is 8. The molecule has 1 aromatic carbocycles. The van der Waals surface area contributed by atoms with Gasteiger partial charge < -0.3 is 19.4 Å². The molecule has 1 aliphatic rings. The molecule has 0 atom stereocenters. The van der Waals surface area contributed by atoms with E-state index in [0.29, 0.717) is 17.9 Å². The van der Waals surface area contributed by atoms with Crippen LogP contribution >= 0.6 is 0 Å². The zero-order valence-corrected chi connectivity index (χ0v) is 14.1. The number of hydrogen-bond donors (Lipinski definition) is 1. The molecule has 25 heavy (non-hydrogen) atoms. The number of carbonyl (C=O) groups is 1. The van der Waals surface area contributed by atoms with Crippen molar-refractivity contribution in [2.45, 2.75) is 19.3 Å². The van der Waals surface area contributed by atoms with Gasteiger partial charge in [-0.3, -0.25) is 4.90 Å². The average molecular weight is 354 g/mol. The third kappa shape index (κ3) is 5.79. The van der Waals surface area contributed by atoms with Gasteiger partial charge in [-0.1, -0.05) is 0 Å². The van der Waals surface area contributed by atoms with Crippen molar-refractivity contribution in [2.75, 3.05) is 33.5 Å². The topological polar surface area (TPSA) is 111 Å². The number of nitrogens with zero attached hydrogens (tertiary/aromatic N) is 2. The van der Waals surface area contributed by atoms with Crippen LogP contribution in [0.25, 0.3) is 0 Å². The van der Waals surface area contributed by atoms with E-state index in [1.165, 1.54) is 25.3 Å². The second-order valence-electron chi connectivity index (χ2n) is 5.85. The van der Waals surface area contributed by atoms with Gasteiger partial charge in [-0.2, -0.15) is 0 Å². The zero-order chi connectivity index (χ0) is 18.2. The van der Waals surface area contributed by atoms with Crippen LogP contribution in [-0.2, 0) is 9.57 Å². The van der Waals surface area contributed by atoms with Gasteiger partial charge in [0.1, 0.15) is 6.73 Å². The molecule has 0 aromatic heterocycles. The van der Waals surface area contributed by atoms with Crippen LogP contribution in [0.15, 0.2) is 18.2 Å². The number of esters is 1. The second kappa shape index (κ2) is 9.07. The van der Waals surface area contributed by atoms with E-state index in [0.717, 1.165) is 25.9 Å². The summed E-state index contributed by atoms with van der Waals surface area (Å²) in [6, 6.07) is 4.29. The maximum absolute atomic E-state index is 12.1. The van der Waals surface area contributed by atoms with E-state index in [-0.39, 0.29) is 24.8 Å². The Labute approximate surface area is 145 Å². The lowest BCUT2D eigenvalue weighted by Gasteiger charge is -2.31. The number of likely N-dealkylation sites (tertiary alicyclic amines) is 1. The Balaban J connectivity index is 1.72. The number of phenols is 1. The lowest BCUT2D eigenvalue weighted by Crippen LogP contribution is -2.36. The van der Waals surface area contributed by atoms with Crippen molar-refractivity contribution in [1.29, 1.82) is 0 Å². The van der Waals surface area contributed by atoms with Gasteiger partial charge in [0.15, 0.2) is 11.5 Å². The molecule has 0 spiro atoms. The molecule has 0 aliphatic carbocycles. The van der Waals surface area contributed by atoms with Crippen LogP contribution in [0.1, 0.15) is 29.6 Å². The number of piperidine rings is 1. The molecule has 0 amide bonds. The fourth-order valence-electron chi connectivity index (χ4n) is 2.74. The van der Waals surface area contributed by atoms with Crippen molar-refractivity contribution in [2.24, 2.45) is 5.92 Å². The summed E-state index contributed by atoms with van der Waals surface area (Å²) < 4.78 is 10.3. The standard InChI is InChI=1S/C16H22N2O7/c1-23-15-10-13(2-3-14(15)19)16(20)24-11-17-7-4-12(5-8-17)6-9-25-18(21)22/h2-3,10,12,19H,4-9,11H2,1H3. The molecular formula is C16H22N2O7. The summed E-state index contributed by atoms with van der Waals surface area (Å²) in [6.45, 7) is 1.82. The molecule has 0 bridgehead atoms. The smallest absolute Gasteiger partial charge is 0.339 e. The van der Waals surface area contributed by atoms with Crippen LogP contribution in [0.3, 0.4) is 0 Å². The summed E-state index contributed by atoms with van der Waals surface area (Å²) >= 11 is 0. The van der Waals surface area contributed by atoms with E-state index in [2.05, 4.69) is 4.84 Å². The van der Waals surface area contributed by atoms with E-state index < -0.39 is 11.1 Å². The number of aromatic hydroxyl groups is 1. The Kier molecular flexibility index (Phi) is 6.81. The third-order valence-corrected chi connectivity index (χ3v) is 4.22. The Morgan fingerprint density at radius 2 is 2.12 bits per heavy atom. The molecule has 1 saturated heterocycles. The Hall–Kier alpha value is -2.55. The maximum Gasteiger partial charge on any atom is 0.339 e. The minimum Gasteiger partial charge on any atom is -0.504 e. The molecule has 9 heteroatoms. The fraction of sp³-hybridized carbons (Fsp3) is 0.562. The van der Waals surface area contributed by atoms with Crippen molar-refractivity contribution in [1.82, 2.24) is 4.90 Å². The van der Waals surface area contributed by atoms with E-state index in [4.69, 9.17) is 9.47 Å². The number of hydrogen-bond acceptors (Lipinski definition) is 8. The molecule has 0 radical (unpaired) electrons. The molecule has 0 saturated carbocycles. The van der Waals surface area contributed by atoms with Gasteiger partial charge in [0, 0.05) is 13.1 Å². The number of methoxy groups -OCH3 is 1. The van der Waals surface area contributed by atoms with Gasteiger partial charge >= 0.3 is 5.97 Å². The van der Waals surface area contributed by atoms with E-state index >= 15 is 0 Å². The van der Waals surface area contributed by atoms with Crippen LogP contribution in [0.2, 0.25) is 0 Å². The quantitative estimate of drug-likeness (QED) is 0.427. The van der Waals surface area contributed by atoms with Crippen LogP contribution in [0.5, 0.6) is 11.5 Å². The van der Waals surface area contributed by atoms with E-state index in [1.54, 1.807) is 0 Å². The Morgan fingerprint density at radius 1 is 1.40 bits per heavy atom. The minimum atomic E-state index is -0.771. The monoisotopic (exact) mass is 354 g/mol. The third-order valence-electron chi connectivity index (χ3n) is 4.22. The first-order valence-electron chi connectivity index (χ1n) is 8.03. The number of ether oxygens (including phenoxy) is 2. The van der Waals surface area contributed by atoms with Crippen LogP contribution in [0, 0.1) is 16.0 Å². The SMILES string of the molecule is COc1cc(C(=O)OCN2CCC(CCO[N+](=O)[O-])CC2)ccc1O. The highest BCUT2D eigenvalue weighted by Crippen LogP contribution is 2.26. The van der Waals surface area contributed by atoms with Gasteiger partial charge in [-0.25, -0.2) is 4.79 Å². The molecule has 9 nitrogen and oxygen atoms in total. The van der Waals surface area contributed by atoms with Gasteiger partial charge in [0.25, 0.3) is 5.09 Å². The highest BCUT2D eigenvalue weighted by molar-refractivity contribution is 5.90. The fourth-order valence-corrected chi connectivity index (χ4v) is 2.74. The molecule has 1 aromatic rings. The maximum atomic E-state index is 12.1.